The number of ether oxygens (including phenoxy) is 3. The lowest BCUT2D eigenvalue weighted by molar-refractivity contribution is -0.0180. The summed E-state index contributed by atoms with van der Waals surface area (Å²) in [5.41, 5.74) is 2.35. The van der Waals surface area contributed by atoms with Crippen molar-refractivity contribution in [3.63, 3.8) is 0 Å². The van der Waals surface area contributed by atoms with Crippen molar-refractivity contribution in [2.24, 2.45) is 0 Å². The Bertz CT molecular complexity index is 1010. The van der Waals surface area contributed by atoms with E-state index in [0.717, 1.165) is 5.56 Å². The Labute approximate surface area is 167 Å². The van der Waals surface area contributed by atoms with Crippen LogP contribution < -0.4 is 9.04 Å². The molecule has 0 aromatic heterocycles. The van der Waals surface area contributed by atoms with Crippen molar-refractivity contribution in [2.45, 2.75) is 19.6 Å². The van der Waals surface area contributed by atoms with Crippen LogP contribution in [0.2, 0.25) is 5.02 Å². The molecular weight excluding hydrogens is 406 g/mol. The lowest BCUT2D eigenvalue weighted by atomic mass is 10.1. The molecule has 0 atom stereocenters. The molecule has 148 valence electrons. The number of carbonyl (C=O) groups excluding carboxylic acids is 1. The van der Waals surface area contributed by atoms with E-state index in [1.54, 1.807) is 36.4 Å². The highest BCUT2D eigenvalue weighted by Gasteiger charge is 2.28. The Balaban J connectivity index is 1.46. The highest BCUT2D eigenvalue weighted by molar-refractivity contribution is 7.93. The molecule has 0 N–H and O–H groups in total. The van der Waals surface area contributed by atoms with Gasteiger partial charge in [-0.25, -0.2) is 13.2 Å². The van der Waals surface area contributed by atoms with Gasteiger partial charge < -0.3 is 14.2 Å². The van der Waals surface area contributed by atoms with E-state index >= 15 is 0 Å². The van der Waals surface area contributed by atoms with Gasteiger partial charge in [-0.2, -0.15) is 0 Å². The van der Waals surface area contributed by atoms with Gasteiger partial charge in [0, 0.05) is 22.7 Å². The van der Waals surface area contributed by atoms with Gasteiger partial charge in [-0.1, -0.05) is 11.6 Å². The van der Waals surface area contributed by atoms with Gasteiger partial charge in [0.25, 0.3) is 0 Å². The molecule has 4 rings (SSSR count). The third-order valence-corrected chi connectivity index (χ3v) is 6.69. The Hall–Kier alpha value is -2.29. The van der Waals surface area contributed by atoms with Gasteiger partial charge in [0.1, 0.15) is 12.4 Å². The minimum absolute atomic E-state index is 0.00395. The van der Waals surface area contributed by atoms with E-state index in [0.29, 0.717) is 47.2 Å². The number of carbonyl (C=O) groups is 1. The summed E-state index contributed by atoms with van der Waals surface area (Å²) in [4.78, 5) is 12.4. The predicted molar refractivity (Wildman–Crippen MR) is 103 cm³/mol. The summed E-state index contributed by atoms with van der Waals surface area (Å²) in [6.45, 7) is 0.980. The van der Waals surface area contributed by atoms with Crippen LogP contribution in [0.5, 0.6) is 5.75 Å². The first-order valence-corrected chi connectivity index (χ1v) is 10.7. The van der Waals surface area contributed by atoms with Crippen LogP contribution >= 0.6 is 11.6 Å². The maximum atomic E-state index is 12.4. The Morgan fingerprint density at radius 1 is 1.21 bits per heavy atom. The van der Waals surface area contributed by atoms with E-state index in [1.807, 2.05) is 0 Å². The van der Waals surface area contributed by atoms with Crippen LogP contribution in [0.4, 0.5) is 5.69 Å². The fourth-order valence-electron chi connectivity index (χ4n) is 3.28. The lowest BCUT2D eigenvalue weighted by Gasteiger charge is -2.21. The van der Waals surface area contributed by atoms with Crippen molar-refractivity contribution >= 4 is 33.3 Å². The monoisotopic (exact) mass is 423 g/mol. The highest BCUT2D eigenvalue weighted by atomic mass is 35.5. The Morgan fingerprint density at radius 2 is 2.00 bits per heavy atom. The van der Waals surface area contributed by atoms with Crippen LogP contribution in [0.25, 0.3) is 0 Å². The molecule has 0 unspecified atom stereocenters. The van der Waals surface area contributed by atoms with Crippen LogP contribution in [-0.2, 0) is 32.7 Å². The van der Waals surface area contributed by atoms with Crippen LogP contribution in [0.3, 0.4) is 0 Å². The summed E-state index contributed by atoms with van der Waals surface area (Å²) in [6, 6.07) is 9.79. The van der Waals surface area contributed by atoms with E-state index in [9.17, 15) is 13.2 Å². The maximum Gasteiger partial charge on any atom is 0.338 e. The number of esters is 1. The van der Waals surface area contributed by atoms with Crippen LogP contribution in [0.1, 0.15) is 27.9 Å². The first-order valence-electron chi connectivity index (χ1n) is 8.73. The van der Waals surface area contributed by atoms with Crippen LogP contribution in [0, 0.1) is 0 Å². The van der Waals surface area contributed by atoms with Crippen LogP contribution in [0.15, 0.2) is 36.4 Å². The van der Waals surface area contributed by atoms with E-state index in [-0.39, 0.29) is 19.2 Å². The fourth-order valence-corrected chi connectivity index (χ4v) is 5.11. The maximum absolute atomic E-state index is 12.4. The van der Waals surface area contributed by atoms with E-state index in [1.165, 1.54) is 4.31 Å². The summed E-state index contributed by atoms with van der Waals surface area (Å²) in [5.74, 6) is 0.253. The second-order valence-electron chi connectivity index (χ2n) is 6.53. The molecule has 2 aliphatic heterocycles. The zero-order valence-electron chi connectivity index (χ0n) is 14.9. The highest BCUT2D eigenvalue weighted by Crippen LogP contribution is 2.32. The Morgan fingerprint density at radius 3 is 2.71 bits per heavy atom. The second kappa shape index (κ2) is 7.62. The molecular formula is C19H18ClNO6S. The number of anilines is 1. The summed E-state index contributed by atoms with van der Waals surface area (Å²) >= 11 is 6.11. The predicted octanol–water partition coefficient (Wildman–Crippen LogP) is 3.10. The molecule has 2 aromatic rings. The molecule has 0 spiro atoms. The van der Waals surface area contributed by atoms with Crippen molar-refractivity contribution < 1.29 is 27.4 Å². The van der Waals surface area contributed by atoms with Crippen LogP contribution in [-0.4, -0.2) is 33.5 Å². The minimum atomic E-state index is -3.25. The summed E-state index contributed by atoms with van der Waals surface area (Å²) < 4.78 is 41.5. The third-order valence-electron chi connectivity index (χ3n) is 4.60. The first kappa shape index (κ1) is 19.0. The standard InChI is InChI=1S/C19H18ClNO6S/c20-16-8-14-10-25-12-27-18(14)15(9-16)11-26-19(22)13-2-4-17(5-3-13)21-6-1-7-28(21,23)24/h2-5,8-9H,1,6-7,10-12H2. The van der Waals surface area contributed by atoms with Gasteiger partial charge in [0.2, 0.25) is 10.0 Å². The number of hydrogen-bond acceptors (Lipinski definition) is 6. The van der Waals surface area contributed by atoms with Crippen molar-refractivity contribution in [3.8, 4) is 5.75 Å². The number of benzene rings is 2. The lowest BCUT2D eigenvalue weighted by Crippen LogP contribution is -2.25. The number of nitrogens with zero attached hydrogens (tertiary/aromatic N) is 1. The van der Waals surface area contributed by atoms with Gasteiger partial charge in [-0.15, -0.1) is 0 Å². The second-order valence-corrected chi connectivity index (χ2v) is 8.98. The molecule has 1 saturated heterocycles. The van der Waals surface area contributed by atoms with E-state index in [4.69, 9.17) is 25.8 Å². The summed E-state index contributed by atoms with van der Waals surface area (Å²) in [7, 11) is -3.25. The first-order chi connectivity index (χ1) is 13.4. The molecule has 2 heterocycles. The molecule has 0 bridgehead atoms. The molecule has 7 nitrogen and oxygen atoms in total. The van der Waals surface area contributed by atoms with Crippen molar-refractivity contribution in [1.29, 1.82) is 0 Å². The molecule has 0 saturated carbocycles. The smallest absolute Gasteiger partial charge is 0.338 e. The summed E-state index contributed by atoms with van der Waals surface area (Å²) in [5, 5.41) is 0.509. The topological polar surface area (TPSA) is 82.1 Å². The number of fused-ring (bicyclic) bond motifs is 1. The fraction of sp³-hybridized carbons (Fsp3) is 0.316. The average molecular weight is 424 g/mol. The average Bonchev–Trinajstić information content (AvgIpc) is 3.05. The summed E-state index contributed by atoms with van der Waals surface area (Å²) in [6.07, 6.45) is 0.600. The molecule has 0 amide bonds. The minimum Gasteiger partial charge on any atom is -0.467 e. The molecule has 0 radical (unpaired) electrons. The quantitative estimate of drug-likeness (QED) is 0.703. The number of sulfonamides is 1. The third kappa shape index (κ3) is 3.80. The zero-order valence-corrected chi connectivity index (χ0v) is 16.5. The SMILES string of the molecule is O=C(OCc1cc(Cl)cc2c1OCOC2)c1ccc(N2CCCS2(=O)=O)cc1. The molecule has 2 aromatic carbocycles. The van der Waals surface area contributed by atoms with E-state index in [2.05, 4.69) is 0 Å². The zero-order chi connectivity index (χ0) is 19.7. The number of halogens is 1. The molecule has 28 heavy (non-hydrogen) atoms. The largest absolute Gasteiger partial charge is 0.467 e. The molecule has 1 fully saturated rings. The molecule has 0 aliphatic carbocycles. The van der Waals surface area contributed by atoms with Gasteiger partial charge in [-0.3, -0.25) is 4.31 Å². The van der Waals surface area contributed by atoms with E-state index < -0.39 is 16.0 Å². The number of hydrogen-bond donors (Lipinski definition) is 0. The normalized spacial score (nSPS) is 17.7. The molecule has 9 heteroatoms. The Kier molecular flexibility index (Phi) is 5.18. The van der Waals surface area contributed by atoms with Gasteiger partial charge >= 0.3 is 5.97 Å². The molecule has 2 aliphatic rings. The van der Waals surface area contributed by atoms with Gasteiger partial charge in [-0.05, 0) is 42.8 Å². The van der Waals surface area contributed by atoms with Crippen molar-refractivity contribution in [1.82, 2.24) is 0 Å². The van der Waals surface area contributed by atoms with Gasteiger partial charge in [0.15, 0.2) is 6.79 Å². The van der Waals surface area contributed by atoms with Crippen molar-refractivity contribution in [2.75, 3.05) is 23.4 Å². The van der Waals surface area contributed by atoms with Gasteiger partial charge in [0.05, 0.1) is 23.6 Å². The van der Waals surface area contributed by atoms with Crippen molar-refractivity contribution in [3.05, 3.63) is 58.1 Å². The number of rotatable bonds is 4.